The number of fused-ring (bicyclic) bond motifs is 2. The van der Waals surface area contributed by atoms with Gasteiger partial charge in [-0.15, -0.1) is 10.2 Å². The maximum absolute atomic E-state index is 13.4. The summed E-state index contributed by atoms with van der Waals surface area (Å²) < 4.78 is 13.7. The first kappa shape index (κ1) is 22.1. The van der Waals surface area contributed by atoms with Crippen molar-refractivity contribution in [3.05, 3.63) is 62.9 Å². The lowest BCUT2D eigenvalue weighted by atomic mass is 10.2. The third kappa shape index (κ3) is 4.26. The summed E-state index contributed by atoms with van der Waals surface area (Å²) >= 11 is 2.77. The molecular weight excluding hydrogens is 480 g/mol. The van der Waals surface area contributed by atoms with E-state index in [0.717, 1.165) is 14.7 Å². The molecule has 1 aliphatic heterocycles. The van der Waals surface area contributed by atoms with Crippen molar-refractivity contribution in [1.82, 2.24) is 24.3 Å². The smallest absolute Gasteiger partial charge is 0.332 e. The van der Waals surface area contributed by atoms with Crippen molar-refractivity contribution in [2.24, 2.45) is 0 Å². The summed E-state index contributed by atoms with van der Waals surface area (Å²) in [6.07, 6.45) is 1.47. The van der Waals surface area contributed by atoms with Crippen LogP contribution in [0.2, 0.25) is 0 Å². The lowest BCUT2D eigenvalue weighted by molar-refractivity contribution is -0.116. The molecule has 0 saturated heterocycles. The van der Waals surface area contributed by atoms with Gasteiger partial charge in [0.15, 0.2) is 21.4 Å². The van der Waals surface area contributed by atoms with Crippen molar-refractivity contribution in [2.75, 3.05) is 17.9 Å². The SMILES string of the molecule is CCSc1nnc(NC(=O)Cn2c(=O)n(Cc3ccc4c(c3)OCO4)c(=O)c3ncccc32)s1. The number of benzene rings is 1. The number of nitrogens with one attached hydrogen (secondary N) is 1. The average Bonchev–Trinajstić information content (AvgIpc) is 3.48. The van der Waals surface area contributed by atoms with Gasteiger partial charge in [-0.25, -0.2) is 9.78 Å². The first-order valence-electron chi connectivity index (χ1n) is 10.3. The van der Waals surface area contributed by atoms with Crippen LogP contribution in [0.25, 0.3) is 11.0 Å². The Morgan fingerprint density at radius 3 is 2.88 bits per heavy atom. The molecule has 1 N–H and O–H groups in total. The second-order valence-corrected chi connectivity index (χ2v) is 9.66. The molecule has 0 saturated carbocycles. The molecule has 1 aliphatic rings. The van der Waals surface area contributed by atoms with Crippen LogP contribution in [0, 0.1) is 0 Å². The van der Waals surface area contributed by atoms with Crippen LogP contribution in [0.15, 0.2) is 50.5 Å². The summed E-state index contributed by atoms with van der Waals surface area (Å²) in [6.45, 7) is 1.77. The Labute approximate surface area is 200 Å². The number of anilines is 1. The number of hydrogen-bond donors (Lipinski definition) is 1. The lowest BCUT2D eigenvalue weighted by Crippen LogP contribution is -2.42. The van der Waals surface area contributed by atoms with E-state index in [9.17, 15) is 14.4 Å². The van der Waals surface area contributed by atoms with E-state index in [1.54, 1.807) is 30.3 Å². The standard InChI is InChI=1S/C21H18N6O5S2/c1-2-33-20-25-24-19(34-20)23-16(28)10-26-13-4-3-7-22-17(13)18(29)27(21(26)30)9-12-5-6-14-15(8-12)32-11-31-14/h3-8H,2,9-11H2,1H3,(H,23,24,28). The van der Waals surface area contributed by atoms with Gasteiger partial charge in [0, 0.05) is 6.20 Å². The number of aromatic nitrogens is 5. The molecule has 174 valence electrons. The van der Waals surface area contributed by atoms with Gasteiger partial charge >= 0.3 is 5.69 Å². The third-order valence-corrected chi connectivity index (χ3v) is 6.84. The predicted molar refractivity (Wildman–Crippen MR) is 127 cm³/mol. The summed E-state index contributed by atoms with van der Waals surface area (Å²) in [4.78, 5) is 43.4. The fourth-order valence-corrected chi connectivity index (χ4v) is 5.17. The van der Waals surface area contributed by atoms with Crippen LogP contribution in [0.5, 0.6) is 11.5 Å². The molecule has 0 spiro atoms. The molecule has 4 heterocycles. The number of hydrogen-bond acceptors (Lipinski definition) is 10. The topological polar surface area (TPSA) is 130 Å². The van der Waals surface area contributed by atoms with Crippen molar-refractivity contribution in [3.63, 3.8) is 0 Å². The molecule has 1 aromatic carbocycles. The van der Waals surface area contributed by atoms with Crippen molar-refractivity contribution < 1.29 is 14.3 Å². The quantitative estimate of drug-likeness (QED) is 0.300. The molecule has 11 nitrogen and oxygen atoms in total. The maximum Gasteiger partial charge on any atom is 0.332 e. The zero-order chi connectivity index (χ0) is 23.7. The zero-order valence-electron chi connectivity index (χ0n) is 17.9. The molecule has 34 heavy (non-hydrogen) atoms. The number of carbonyl (C=O) groups is 1. The molecule has 4 aromatic rings. The Morgan fingerprint density at radius 1 is 1.18 bits per heavy atom. The second-order valence-electron chi connectivity index (χ2n) is 7.17. The predicted octanol–water partition coefficient (Wildman–Crippen LogP) is 1.94. The lowest BCUT2D eigenvalue weighted by Gasteiger charge is -2.13. The Hall–Kier alpha value is -3.71. The molecule has 13 heteroatoms. The Balaban J connectivity index is 1.49. The van der Waals surface area contributed by atoms with E-state index in [1.807, 2.05) is 6.92 Å². The van der Waals surface area contributed by atoms with Crippen molar-refractivity contribution in [3.8, 4) is 11.5 Å². The molecule has 0 aliphatic carbocycles. The minimum Gasteiger partial charge on any atom is -0.454 e. The van der Waals surface area contributed by atoms with Crippen LogP contribution in [0.1, 0.15) is 12.5 Å². The number of ether oxygens (including phenoxy) is 2. The molecule has 0 fully saturated rings. The number of amides is 1. The monoisotopic (exact) mass is 498 g/mol. The van der Waals surface area contributed by atoms with E-state index >= 15 is 0 Å². The summed E-state index contributed by atoms with van der Waals surface area (Å²) in [5, 5.41) is 11.0. The first-order chi connectivity index (χ1) is 16.5. The van der Waals surface area contributed by atoms with Gasteiger partial charge in [0.05, 0.1) is 12.1 Å². The highest BCUT2D eigenvalue weighted by atomic mass is 32.2. The number of carbonyl (C=O) groups excluding carboxylic acids is 1. The minimum absolute atomic E-state index is 0.0174. The van der Waals surface area contributed by atoms with E-state index in [-0.39, 0.29) is 30.9 Å². The van der Waals surface area contributed by atoms with Crippen LogP contribution in [0.3, 0.4) is 0 Å². The highest BCUT2D eigenvalue weighted by Crippen LogP contribution is 2.32. The van der Waals surface area contributed by atoms with Crippen LogP contribution in [-0.4, -0.2) is 42.8 Å². The van der Waals surface area contributed by atoms with Crippen molar-refractivity contribution >= 4 is 45.2 Å². The van der Waals surface area contributed by atoms with Gasteiger partial charge in [0.25, 0.3) is 5.56 Å². The van der Waals surface area contributed by atoms with Crippen LogP contribution >= 0.6 is 23.1 Å². The highest BCUT2D eigenvalue weighted by Gasteiger charge is 2.19. The van der Waals surface area contributed by atoms with Gasteiger partial charge in [0.2, 0.25) is 17.8 Å². The van der Waals surface area contributed by atoms with Crippen LogP contribution in [-0.2, 0) is 17.9 Å². The molecule has 0 radical (unpaired) electrons. The van der Waals surface area contributed by atoms with E-state index < -0.39 is 17.2 Å². The Bertz CT molecular complexity index is 1510. The van der Waals surface area contributed by atoms with Gasteiger partial charge in [0.1, 0.15) is 6.54 Å². The zero-order valence-corrected chi connectivity index (χ0v) is 19.5. The first-order valence-corrected chi connectivity index (χ1v) is 12.1. The Morgan fingerprint density at radius 2 is 2.03 bits per heavy atom. The van der Waals surface area contributed by atoms with Gasteiger partial charge in [-0.2, -0.15) is 0 Å². The Kier molecular flexibility index (Phi) is 6.02. The molecule has 0 bridgehead atoms. The fourth-order valence-electron chi connectivity index (χ4n) is 3.50. The number of rotatable bonds is 7. The molecular formula is C21H18N6O5S2. The van der Waals surface area contributed by atoms with E-state index in [1.165, 1.54) is 33.9 Å². The molecule has 0 unspecified atom stereocenters. The van der Waals surface area contributed by atoms with E-state index in [0.29, 0.717) is 22.2 Å². The van der Waals surface area contributed by atoms with Gasteiger partial charge < -0.3 is 9.47 Å². The minimum atomic E-state index is -0.627. The largest absolute Gasteiger partial charge is 0.454 e. The molecule has 0 atom stereocenters. The van der Waals surface area contributed by atoms with Gasteiger partial charge in [-0.3, -0.25) is 24.0 Å². The second kappa shape index (κ2) is 9.27. The maximum atomic E-state index is 13.4. The van der Waals surface area contributed by atoms with E-state index in [2.05, 4.69) is 20.5 Å². The van der Waals surface area contributed by atoms with Crippen LogP contribution < -0.4 is 26.0 Å². The highest BCUT2D eigenvalue weighted by molar-refractivity contribution is 8.01. The summed E-state index contributed by atoms with van der Waals surface area (Å²) in [5.41, 5.74) is -0.134. The molecule has 1 amide bonds. The van der Waals surface area contributed by atoms with E-state index in [4.69, 9.17) is 9.47 Å². The van der Waals surface area contributed by atoms with Crippen LogP contribution in [0.4, 0.5) is 5.13 Å². The summed E-state index contributed by atoms with van der Waals surface area (Å²) in [5.74, 6) is 1.51. The van der Waals surface area contributed by atoms with Crippen molar-refractivity contribution in [2.45, 2.75) is 24.4 Å². The number of pyridine rings is 1. The summed E-state index contributed by atoms with van der Waals surface area (Å²) in [7, 11) is 0. The summed E-state index contributed by atoms with van der Waals surface area (Å²) in [6, 6.07) is 8.39. The number of nitrogens with zero attached hydrogens (tertiary/aromatic N) is 5. The number of thioether (sulfide) groups is 1. The average molecular weight is 499 g/mol. The fraction of sp³-hybridized carbons (Fsp3) is 0.238. The molecule has 3 aromatic heterocycles. The van der Waals surface area contributed by atoms with Gasteiger partial charge in [-0.1, -0.05) is 36.1 Å². The third-order valence-electron chi connectivity index (χ3n) is 4.99. The molecule has 5 rings (SSSR count). The van der Waals surface area contributed by atoms with Gasteiger partial charge in [-0.05, 0) is 35.6 Å². The van der Waals surface area contributed by atoms with Crippen molar-refractivity contribution in [1.29, 1.82) is 0 Å². The normalized spacial score (nSPS) is 12.3.